The van der Waals surface area contributed by atoms with Gasteiger partial charge in [0.15, 0.2) is 6.54 Å². The van der Waals surface area contributed by atoms with Crippen molar-refractivity contribution in [1.82, 2.24) is 10.2 Å². The Kier molecular flexibility index (Phi) is 7.88. The number of halogens is 2. The van der Waals surface area contributed by atoms with Crippen molar-refractivity contribution in [2.45, 2.75) is 12.7 Å². The normalized spacial score (nSPS) is 11.8. The van der Waals surface area contributed by atoms with Crippen molar-refractivity contribution >= 4 is 11.8 Å². The van der Waals surface area contributed by atoms with Gasteiger partial charge in [-0.3, -0.25) is 9.59 Å². The molecule has 0 aromatic heterocycles. The summed E-state index contributed by atoms with van der Waals surface area (Å²) in [6, 6.07) is 15.6. The molecule has 2 amide bonds. The Hall–Kier alpha value is -3.00. The number of ether oxygens (including phenoxy) is 1. The lowest BCUT2D eigenvalue weighted by Crippen LogP contribution is -2.87. The number of quaternary nitrogens is 1. The number of rotatable bonds is 9. The third kappa shape index (κ3) is 6.62. The highest BCUT2D eigenvalue weighted by Crippen LogP contribution is 2.22. The summed E-state index contributed by atoms with van der Waals surface area (Å²) in [6.45, 7) is -2.83. The van der Waals surface area contributed by atoms with Gasteiger partial charge in [0.2, 0.25) is 5.91 Å². The van der Waals surface area contributed by atoms with Gasteiger partial charge in [-0.05, 0) is 24.3 Å². The molecular formula is C20H24F2N3O3+. The van der Waals surface area contributed by atoms with Crippen LogP contribution in [0.5, 0.6) is 5.75 Å². The van der Waals surface area contributed by atoms with Crippen molar-refractivity contribution in [2.75, 3.05) is 27.2 Å². The first-order chi connectivity index (χ1) is 13.4. The zero-order valence-corrected chi connectivity index (χ0v) is 15.8. The monoisotopic (exact) mass is 392 g/mol. The van der Waals surface area contributed by atoms with E-state index in [-0.39, 0.29) is 36.7 Å². The standard InChI is InChI=1S/C20H23F2N3O3/c1-25(2)18(27)13-23-17(26)12-24-19(14-6-4-3-5-7-14)15-8-10-16(11-9-15)28-20(21)22/h3-11,19-20,24H,12-13H2,1-2H3,(H,23,26)/p+1/t19-/m1/s1. The summed E-state index contributed by atoms with van der Waals surface area (Å²) in [4.78, 5) is 25.1. The second-order valence-electron chi connectivity index (χ2n) is 6.34. The molecule has 0 unspecified atom stereocenters. The quantitative estimate of drug-likeness (QED) is 0.672. The number of nitrogens with two attached hydrogens (primary N) is 1. The predicted octanol–water partition coefficient (Wildman–Crippen LogP) is 1.15. The highest BCUT2D eigenvalue weighted by atomic mass is 19.3. The molecule has 1 atom stereocenters. The minimum Gasteiger partial charge on any atom is -0.435 e. The van der Waals surface area contributed by atoms with E-state index in [1.807, 2.05) is 35.6 Å². The molecule has 8 heteroatoms. The molecule has 2 aromatic rings. The summed E-state index contributed by atoms with van der Waals surface area (Å²) in [6.07, 6.45) is 0. The maximum absolute atomic E-state index is 12.3. The number of hydrogen-bond acceptors (Lipinski definition) is 3. The predicted molar refractivity (Wildman–Crippen MR) is 99.9 cm³/mol. The molecule has 0 saturated carbocycles. The third-order valence-electron chi connectivity index (χ3n) is 4.10. The van der Waals surface area contributed by atoms with Crippen LogP contribution in [0.1, 0.15) is 17.2 Å². The smallest absolute Gasteiger partial charge is 0.387 e. The van der Waals surface area contributed by atoms with E-state index < -0.39 is 6.61 Å². The van der Waals surface area contributed by atoms with Crippen LogP contribution in [0.2, 0.25) is 0 Å². The molecule has 0 fully saturated rings. The Morgan fingerprint density at radius 2 is 1.64 bits per heavy atom. The Balaban J connectivity index is 2.06. The molecule has 6 nitrogen and oxygen atoms in total. The van der Waals surface area contributed by atoms with Gasteiger partial charge in [0.25, 0.3) is 5.91 Å². The summed E-state index contributed by atoms with van der Waals surface area (Å²) in [5.41, 5.74) is 1.80. The molecule has 28 heavy (non-hydrogen) atoms. The van der Waals surface area contributed by atoms with E-state index in [9.17, 15) is 18.4 Å². The lowest BCUT2D eigenvalue weighted by Gasteiger charge is -2.17. The maximum atomic E-state index is 12.3. The van der Waals surface area contributed by atoms with Crippen molar-refractivity contribution in [1.29, 1.82) is 0 Å². The summed E-state index contributed by atoms with van der Waals surface area (Å²) in [7, 11) is 3.24. The van der Waals surface area contributed by atoms with Gasteiger partial charge in [-0.25, -0.2) is 0 Å². The molecule has 2 aromatic carbocycles. The fourth-order valence-electron chi connectivity index (χ4n) is 2.61. The molecule has 0 aliphatic heterocycles. The Morgan fingerprint density at radius 3 is 2.21 bits per heavy atom. The number of amides is 2. The van der Waals surface area contributed by atoms with Gasteiger partial charge in [-0.2, -0.15) is 8.78 Å². The van der Waals surface area contributed by atoms with Gasteiger partial charge < -0.3 is 20.3 Å². The van der Waals surface area contributed by atoms with Crippen LogP contribution in [-0.4, -0.2) is 50.5 Å². The number of nitrogens with zero attached hydrogens (tertiary/aromatic N) is 1. The molecular weight excluding hydrogens is 368 g/mol. The van der Waals surface area contributed by atoms with Gasteiger partial charge in [0.1, 0.15) is 11.8 Å². The van der Waals surface area contributed by atoms with Gasteiger partial charge in [-0.15, -0.1) is 0 Å². The van der Waals surface area contributed by atoms with Crippen LogP contribution >= 0.6 is 0 Å². The topological polar surface area (TPSA) is 75.3 Å². The molecule has 0 aliphatic carbocycles. The largest absolute Gasteiger partial charge is 0.435 e. The zero-order chi connectivity index (χ0) is 20.5. The fourth-order valence-corrected chi connectivity index (χ4v) is 2.61. The van der Waals surface area contributed by atoms with Crippen LogP contribution in [0.4, 0.5) is 8.78 Å². The first kappa shape index (κ1) is 21.3. The molecule has 0 spiro atoms. The molecule has 0 aliphatic rings. The summed E-state index contributed by atoms with van der Waals surface area (Å²) in [5, 5.41) is 4.42. The summed E-state index contributed by atoms with van der Waals surface area (Å²) in [5.74, 6) is -0.387. The second kappa shape index (κ2) is 10.4. The van der Waals surface area contributed by atoms with Gasteiger partial charge in [0.05, 0.1) is 6.54 Å². The van der Waals surface area contributed by atoms with Crippen LogP contribution in [0.25, 0.3) is 0 Å². The van der Waals surface area contributed by atoms with Crippen LogP contribution in [0.3, 0.4) is 0 Å². The first-order valence-corrected chi connectivity index (χ1v) is 8.76. The van der Waals surface area contributed by atoms with Gasteiger partial charge in [0, 0.05) is 25.2 Å². The number of benzene rings is 2. The Labute approximate surface area is 162 Å². The van der Waals surface area contributed by atoms with Crippen molar-refractivity contribution in [3.8, 4) is 5.75 Å². The number of hydrogen-bond donors (Lipinski definition) is 2. The molecule has 0 heterocycles. The van der Waals surface area contributed by atoms with E-state index >= 15 is 0 Å². The number of alkyl halides is 2. The van der Waals surface area contributed by atoms with Gasteiger partial charge in [-0.1, -0.05) is 30.3 Å². The molecule has 0 saturated heterocycles. The van der Waals surface area contributed by atoms with E-state index in [2.05, 4.69) is 10.1 Å². The van der Waals surface area contributed by atoms with E-state index in [0.29, 0.717) is 0 Å². The molecule has 150 valence electrons. The van der Waals surface area contributed by atoms with E-state index in [1.165, 1.54) is 17.0 Å². The number of carbonyl (C=O) groups excluding carboxylic acids is 2. The molecule has 3 N–H and O–H groups in total. The van der Waals surface area contributed by atoms with E-state index in [0.717, 1.165) is 11.1 Å². The Morgan fingerprint density at radius 1 is 1.04 bits per heavy atom. The first-order valence-electron chi connectivity index (χ1n) is 8.76. The average molecular weight is 392 g/mol. The number of nitrogens with one attached hydrogen (secondary N) is 1. The van der Waals surface area contributed by atoms with E-state index in [4.69, 9.17) is 0 Å². The number of likely N-dealkylation sites (N-methyl/N-ethyl adjacent to an activating group) is 1. The lowest BCUT2D eigenvalue weighted by atomic mass is 9.98. The van der Waals surface area contributed by atoms with Crippen LogP contribution in [-0.2, 0) is 9.59 Å². The molecule has 0 bridgehead atoms. The van der Waals surface area contributed by atoms with Crippen LogP contribution in [0, 0.1) is 0 Å². The van der Waals surface area contributed by atoms with Crippen LogP contribution in [0.15, 0.2) is 54.6 Å². The number of carbonyl (C=O) groups is 2. The average Bonchev–Trinajstić information content (AvgIpc) is 2.67. The van der Waals surface area contributed by atoms with Crippen LogP contribution < -0.4 is 15.4 Å². The SMILES string of the molecule is CN(C)C(=O)CNC(=O)C[NH2+][C@H](c1ccccc1)c1ccc(OC(F)F)cc1. The third-order valence-corrected chi connectivity index (χ3v) is 4.10. The molecule has 2 rings (SSSR count). The molecule has 0 radical (unpaired) electrons. The maximum Gasteiger partial charge on any atom is 0.387 e. The Bertz CT molecular complexity index is 768. The fraction of sp³-hybridized carbons (Fsp3) is 0.300. The van der Waals surface area contributed by atoms with Crippen molar-refractivity contribution < 1.29 is 28.4 Å². The lowest BCUT2D eigenvalue weighted by molar-refractivity contribution is -0.676. The highest BCUT2D eigenvalue weighted by Gasteiger charge is 2.19. The van der Waals surface area contributed by atoms with E-state index in [1.54, 1.807) is 26.2 Å². The van der Waals surface area contributed by atoms with Crippen molar-refractivity contribution in [3.05, 3.63) is 65.7 Å². The van der Waals surface area contributed by atoms with Gasteiger partial charge >= 0.3 is 6.61 Å². The second-order valence-corrected chi connectivity index (χ2v) is 6.34. The minimum atomic E-state index is -2.88. The zero-order valence-electron chi connectivity index (χ0n) is 15.8. The summed E-state index contributed by atoms with van der Waals surface area (Å²) >= 11 is 0. The van der Waals surface area contributed by atoms with Crippen molar-refractivity contribution in [3.63, 3.8) is 0 Å². The highest BCUT2D eigenvalue weighted by molar-refractivity contribution is 5.84. The minimum absolute atomic E-state index is 0.0602. The van der Waals surface area contributed by atoms with Crippen molar-refractivity contribution in [2.24, 2.45) is 0 Å². The summed E-state index contributed by atoms with van der Waals surface area (Å²) < 4.78 is 29.1.